The van der Waals surface area contributed by atoms with Gasteiger partial charge in [0, 0.05) is 73.8 Å². The Labute approximate surface area is 458 Å². The summed E-state index contributed by atoms with van der Waals surface area (Å²) < 4.78 is 41.1. The van der Waals surface area contributed by atoms with E-state index in [1.54, 1.807) is 48.5 Å². The number of fused-ring (bicyclic) bond motifs is 4. The predicted octanol–water partition coefficient (Wildman–Crippen LogP) is 15.1. The van der Waals surface area contributed by atoms with Gasteiger partial charge in [-0.3, -0.25) is 33.2 Å². The van der Waals surface area contributed by atoms with Crippen LogP contribution in [-0.4, -0.2) is 59.1 Å². The van der Waals surface area contributed by atoms with Gasteiger partial charge in [0.2, 0.25) is 11.4 Å². The van der Waals surface area contributed by atoms with E-state index in [0.717, 1.165) is 38.5 Å². The van der Waals surface area contributed by atoms with E-state index in [1.807, 2.05) is 0 Å². The first-order valence-electron chi connectivity index (χ1n) is 27.4. The summed E-state index contributed by atoms with van der Waals surface area (Å²) in [5, 5.41) is 21.3. The number of amides is 4. The summed E-state index contributed by atoms with van der Waals surface area (Å²) in [6.07, 6.45) is 21.3. The second kappa shape index (κ2) is 23.8. The summed E-state index contributed by atoms with van der Waals surface area (Å²) in [6, 6.07) is 23.6. The fourth-order valence-electron chi connectivity index (χ4n) is 11.7. The van der Waals surface area contributed by atoms with Gasteiger partial charge in [-0.15, -0.1) is 0 Å². The Morgan fingerprint density at radius 2 is 0.897 bits per heavy atom. The second-order valence-corrected chi connectivity index (χ2v) is 23.7. The van der Waals surface area contributed by atoms with Crippen LogP contribution in [0.4, 0.5) is 11.4 Å². The first-order valence-corrected chi connectivity index (χ1v) is 30.0. The standard InChI is InChI=1S/C32H31N3O4S.C31H29N3O3S/c1-3-4-5-6-7-8-9-10-11-14-17-35-31(36)23-18-21(20-33)27-22-15-12-13-16-26(22)40(38,39)30-25(34-2)19-24(32(35)37)28(23)29(27)30;1-3-4-5-6-7-8-9-10-13-16-34-30(35)22-17-20(19-32)26-21-14-11-12-15-25(21)38(37)29-24(33-2)18-23(31(34)36)27(22)28(26)29/h12-13,15-16,18-19H,3-11,14,17H2,1H3;11-12,14-15,17-18H,3-10,13,16H2,1H3. The third-order valence-corrected chi connectivity index (χ3v) is 19.0. The molecule has 0 saturated heterocycles. The fourth-order valence-corrected chi connectivity index (χ4v) is 15.0. The number of hydrogen-bond acceptors (Lipinski definition) is 9. The van der Waals surface area contributed by atoms with Gasteiger partial charge >= 0.3 is 0 Å². The van der Waals surface area contributed by atoms with E-state index in [-0.39, 0.29) is 76.8 Å². The minimum Gasteiger partial charge on any atom is -0.274 e. The number of sulfone groups is 1. The molecule has 0 spiro atoms. The molecule has 0 saturated carbocycles. The Hall–Kier alpha value is -7.82. The summed E-state index contributed by atoms with van der Waals surface area (Å²) in [5.74, 6) is -1.93. The number of benzene rings is 6. The van der Waals surface area contributed by atoms with Crippen molar-refractivity contribution in [2.45, 2.75) is 155 Å². The fraction of sp³-hybridized carbons (Fsp3) is 0.365. The summed E-state index contributed by atoms with van der Waals surface area (Å²) in [7, 11) is -5.81. The highest BCUT2D eigenvalue weighted by Gasteiger charge is 2.43. The number of rotatable bonds is 21. The molecule has 0 fully saturated rings. The molecule has 4 aliphatic rings. The van der Waals surface area contributed by atoms with Crippen LogP contribution in [0, 0.1) is 35.8 Å². The lowest BCUT2D eigenvalue weighted by Crippen LogP contribution is -2.41. The third kappa shape index (κ3) is 9.80. The molecule has 396 valence electrons. The van der Waals surface area contributed by atoms with Crippen molar-refractivity contribution in [3.8, 4) is 34.4 Å². The highest BCUT2D eigenvalue weighted by Crippen LogP contribution is 2.53. The van der Waals surface area contributed by atoms with Gasteiger partial charge in [-0.05, 0) is 54.6 Å². The molecule has 0 N–H and O–H groups in total. The van der Waals surface area contributed by atoms with Crippen LogP contribution in [0.5, 0.6) is 0 Å². The third-order valence-electron chi connectivity index (χ3n) is 15.5. The zero-order valence-corrected chi connectivity index (χ0v) is 45.8. The van der Waals surface area contributed by atoms with Crippen LogP contribution >= 0.6 is 0 Å². The van der Waals surface area contributed by atoms with E-state index in [1.165, 1.54) is 105 Å². The van der Waals surface area contributed by atoms with E-state index in [4.69, 9.17) is 13.1 Å². The molecular weight excluding hydrogens is 1020 g/mol. The average Bonchev–Trinajstić information content (AvgIpc) is 1.85. The topological polar surface area (TPSA) is 182 Å². The molecule has 0 bridgehead atoms. The van der Waals surface area contributed by atoms with E-state index < -0.39 is 44.3 Å². The van der Waals surface area contributed by atoms with E-state index >= 15 is 0 Å². The van der Waals surface area contributed by atoms with Gasteiger partial charge in [-0.25, -0.2) is 18.1 Å². The summed E-state index contributed by atoms with van der Waals surface area (Å²) in [5.41, 5.74) is 2.99. The molecule has 1 atom stereocenters. The van der Waals surface area contributed by atoms with Crippen molar-refractivity contribution < 1.29 is 31.8 Å². The van der Waals surface area contributed by atoms with Crippen molar-refractivity contribution in [1.82, 2.24) is 9.80 Å². The molecule has 13 nitrogen and oxygen atoms in total. The predicted molar refractivity (Wildman–Crippen MR) is 301 cm³/mol. The SMILES string of the molecule is [C-]#[N+]c1cc2c3c(cc(C#N)c4c3c1S(=O)(=O)c1ccccc1-4)C(=O)N(CCCCCCCCCCCC)C2=O.[C-]#[N+]c1cc2c3c(cc(C#N)c4c3c1S(=O)c1ccccc1-4)C(=O)N(CCCCCCCCCCC)C2=O. The quantitative estimate of drug-likeness (QED) is 0.0384. The molecule has 4 heterocycles. The lowest BCUT2D eigenvalue weighted by Gasteiger charge is -2.31. The van der Waals surface area contributed by atoms with Crippen molar-refractivity contribution in [2.24, 2.45) is 0 Å². The molecule has 6 aromatic carbocycles. The van der Waals surface area contributed by atoms with Crippen molar-refractivity contribution in [3.05, 3.63) is 129 Å². The van der Waals surface area contributed by atoms with Gasteiger partial charge in [-0.2, -0.15) is 10.5 Å². The van der Waals surface area contributed by atoms with Crippen LogP contribution < -0.4 is 0 Å². The van der Waals surface area contributed by atoms with Crippen LogP contribution in [0.2, 0.25) is 0 Å². The van der Waals surface area contributed by atoms with Crippen LogP contribution in [0.3, 0.4) is 0 Å². The smallest absolute Gasteiger partial charge is 0.261 e. The maximum Gasteiger partial charge on any atom is 0.261 e. The van der Waals surface area contributed by atoms with Crippen LogP contribution in [0.15, 0.2) is 92.4 Å². The van der Waals surface area contributed by atoms with Gasteiger partial charge < -0.3 is 0 Å². The lowest BCUT2D eigenvalue weighted by molar-refractivity contribution is 0.0592. The zero-order chi connectivity index (χ0) is 55.3. The van der Waals surface area contributed by atoms with Crippen molar-refractivity contribution in [1.29, 1.82) is 10.5 Å². The van der Waals surface area contributed by atoms with Gasteiger partial charge in [0.15, 0.2) is 9.84 Å². The lowest BCUT2D eigenvalue weighted by atomic mass is 9.85. The molecule has 15 heteroatoms. The summed E-state index contributed by atoms with van der Waals surface area (Å²) >= 11 is 0. The number of hydrogen-bond donors (Lipinski definition) is 0. The van der Waals surface area contributed by atoms with E-state index in [0.29, 0.717) is 57.3 Å². The highest BCUT2D eigenvalue weighted by atomic mass is 32.2. The van der Waals surface area contributed by atoms with Gasteiger partial charge in [0.25, 0.3) is 23.6 Å². The maximum absolute atomic E-state index is 13.7. The minimum atomic E-state index is -4.13. The average molecular weight is 1080 g/mol. The summed E-state index contributed by atoms with van der Waals surface area (Å²) in [4.78, 5) is 64.7. The molecule has 78 heavy (non-hydrogen) atoms. The second-order valence-electron chi connectivity index (χ2n) is 20.5. The Morgan fingerprint density at radius 1 is 0.500 bits per heavy atom. The Morgan fingerprint density at radius 3 is 1.37 bits per heavy atom. The van der Waals surface area contributed by atoms with Crippen LogP contribution in [0.1, 0.15) is 188 Å². The maximum atomic E-state index is 13.7. The molecule has 4 aliphatic heterocycles. The number of nitrogens with zero attached hydrogens (tertiary/aromatic N) is 6. The molecular formula is C63H60N6O7S2. The zero-order valence-electron chi connectivity index (χ0n) is 44.1. The molecule has 6 aromatic rings. The van der Waals surface area contributed by atoms with Crippen LogP contribution in [0.25, 0.3) is 53.5 Å². The Bertz CT molecular complexity index is 3750. The minimum absolute atomic E-state index is 0.00278. The molecule has 0 aliphatic carbocycles. The summed E-state index contributed by atoms with van der Waals surface area (Å²) in [6.45, 7) is 20.5. The first-order chi connectivity index (χ1) is 37.9. The number of carbonyl (C=O) groups excluding carboxylic acids is 4. The van der Waals surface area contributed by atoms with Crippen molar-refractivity contribution >= 4 is 77.2 Å². The van der Waals surface area contributed by atoms with Crippen molar-refractivity contribution in [2.75, 3.05) is 13.1 Å². The Balaban J connectivity index is 0.000000190. The van der Waals surface area contributed by atoms with Gasteiger partial charge in [0.05, 0.1) is 66.8 Å². The van der Waals surface area contributed by atoms with Crippen LogP contribution in [-0.2, 0) is 20.6 Å². The Kier molecular flexibility index (Phi) is 16.8. The number of carbonyl (C=O) groups is 4. The molecule has 0 aromatic heterocycles. The number of unbranched alkanes of at least 4 members (excludes halogenated alkanes) is 17. The molecule has 10 rings (SSSR count). The highest BCUT2D eigenvalue weighted by molar-refractivity contribution is 7.92. The van der Waals surface area contributed by atoms with Gasteiger partial charge in [-0.1, -0.05) is 159 Å². The normalized spacial score (nSPS) is 15.0. The monoisotopic (exact) mass is 1080 g/mol. The molecule has 1 unspecified atom stereocenters. The number of imide groups is 2. The molecule has 0 radical (unpaired) electrons. The van der Waals surface area contributed by atoms with Gasteiger partial charge in [0.1, 0.15) is 0 Å². The van der Waals surface area contributed by atoms with Crippen molar-refractivity contribution in [3.63, 3.8) is 0 Å². The largest absolute Gasteiger partial charge is 0.274 e. The molecule has 4 amide bonds. The number of nitriles is 2. The first kappa shape index (κ1) is 55.0. The van der Waals surface area contributed by atoms with E-state index in [2.05, 4.69) is 35.7 Å². The van der Waals surface area contributed by atoms with E-state index in [9.17, 15) is 42.3 Å².